The van der Waals surface area contributed by atoms with Crippen molar-refractivity contribution in [2.45, 2.75) is 11.8 Å². The minimum atomic E-state index is -4.42. The number of carbonyl (C=O) groups is 1. The van der Waals surface area contributed by atoms with Gasteiger partial charge in [0.15, 0.2) is 5.75 Å². The van der Waals surface area contributed by atoms with Crippen molar-refractivity contribution in [3.8, 4) is 11.5 Å². The number of fused-ring (bicyclic) bond motifs is 2. The first-order chi connectivity index (χ1) is 14.2. The summed E-state index contributed by atoms with van der Waals surface area (Å²) in [6.07, 6.45) is 0. The van der Waals surface area contributed by atoms with Crippen LogP contribution in [0.25, 0.3) is 0 Å². The van der Waals surface area contributed by atoms with Gasteiger partial charge in [0.25, 0.3) is 15.9 Å². The monoisotopic (exact) mass is 430 g/mol. The number of nitrogens with zero attached hydrogens (tertiary/aromatic N) is 1. The summed E-state index contributed by atoms with van der Waals surface area (Å²) in [7, 11) is -2.84. The van der Waals surface area contributed by atoms with Crippen LogP contribution in [0.2, 0.25) is 0 Å². The third-order valence-electron chi connectivity index (χ3n) is 4.65. The number of halogens is 2. The number of carbonyl (C=O) groups excluding carboxylic acids is 1. The van der Waals surface area contributed by atoms with Crippen molar-refractivity contribution >= 4 is 27.3 Å². The molecule has 9 heteroatoms. The van der Waals surface area contributed by atoms with E-state index < -0.39 is 32.5 Å². The zero-order valence-corrected chi connectivity index (χ0v) is 16.8. The highest BCUT2D eigenvalue weighted by Crippen LogP contribution is 2.39. The number of aryl methyl sites for hydroxylation is 1. The predicted molar refractivity (Wildman–Crippen MR) is 108 cm³/mol. The molecular weight excluding hydrogens is 414 g/mol. The number of nitrogens with one attached hydrogen (secondary N) is 1. The van der Waals surface area contributed by atoms with Crippen molar-refractivity contribution in [1.82, 2.24) is 0 Å². The van der Waals surface area contributed by atoms with Gasteiger partial charge in [-0.15, -0.1) is 0 Å². The second kappa shape index (κ2) is 7.10. The van der Waals surface area contributed by atoms with Crippen LogP contribution in [0.1, 0.15) is 15.9 Å². The molecule has 0 saturated carbocycles. The molecule has 0 aromatic heterocycles. The Hall–Kier alpha value is -3.46. The highest BCUT2D eigenvalue weighted by atomic mass is 32.2. The number of hydrogen-bond donors (Lipinski definition) is 1. The van der Waals surface area contributed by atoms with E-state index in [1.54, 1.807) is 19.2 Å². The fourth-order valence-corrected chi connectivity index (χ4v) is 4.27. The van der Waals surface area contributed by atoms with Crippen LogP contribution in [0, 0.1) is 18.6 Å². The molecule has 0 bridgehead atoms. The van der Waals surface area contributed by atoms with Crippen molar-refractivity contribution in [3.63, 3.8) is 0 Å². The maximum atomic E-state index is 13.9. The highest BCUT2D eigenvalue weighted by Gasteiger charge is 2.27. The Morgan fingerprint density at radius 3 is 2.47 bits per heavy atom. The smallest absolute Gasteiger partial charge is 0.264 e. The average molecular weight is 430 g/mol. The van der Waals surface area contributed by atoms with Crippen LogP contribution in [0.5, 0.6) is 11.5 Å². The summed E-state index contributed by atoms with van der Waals surface area (Å²) in [4.78, 5) is 13.5. The average Bonchev–Trinajstić information content (AvgIpc) is 2.79. The van der Waals surface area contributed by atoms with Crippen LogP contribution in [0.4, 0.5) is 20.2 Å². The molecule has 30 heavy (non-hydrogen) atoms. The zero-order chi connectivity index (χ0) is 21.6. The van der Waals surface area contributed by atoms with Gasteiger partial charge in [0.05, 0.1) is 11.3 Å². The quantitative estimate of drug-likeness (QED) is 0.666. The topological polar surface area (TPSA) is 75.7 Å². The summed E-state index contributed by atoms with van der Waals surface area (Å²) < 4.78 is 60.4. The fraction of sp³-hybridized carbons (Fsp3) is 0.0952. The van der Waals surface area contributed by atoms with Gasteiger partial charge in [-0.1, -0.05) is 6.07 Å². The second-order valence-electron chi connectivity index (χ2n) is 6.83. The molecule has 6 nitrogen and oxygen atoms in total. The van der Waals surface area contributed by atoms with Gasteiger partial charge >= 0.3 is 0 Å². The number of ether oxygens (including phenoxy) is 1. The van der Waals surface area contributed by atoms with Crippen molar-refractivity contribution < 1.29 is 26.7 Å². The van der Waals surface area contributed by atoms with Crippen LogP contribution < -0.4 is 14.4 Å². The van der Waals surface area contributed by atoms with Crippen LogP contribution >= 0.6 is 0 Å². The van der Waals surface area contributed by atoms with Crippen LogP contribution in [0.3, 0.4) is 0 Å². The highest BCUT2D eigenvalue weighted by molar-refractivity contribution is 7.92. The van der Waals surface area contributed by atoms with E-state index in [-0.39, 0.29) is 17.0 Å². The maximum absolute atomic E-state index is 13.9. The van der Waals surface area contributed by atoms with E-state index in [0.29, 0.717) is 17.5 Å². The first kappa shape index (κ1) is 19.8. The molecule has 1 aliphatic rings. The number of anilines is 2. The molecule has 1 aliphatic heterocycles. The molecule has 0 aliphatic carbocycles. The van der Waals surface area contributed by atoms with E-state index in [2.05, 4.69) is 4.72 Å². The molecular formula is C21H16F2N2O4S. The van der Waals surface area contributed by atoms with E-state index in [1.807, 2.05) is 13.0 Å². The third-order valence-corrected chi connectivity index (χ3v) is 6.04. The van der Waals surface area contributed by atoms with Gasteiger partial charge in [-0.25, -0.2) is 17.2 Å². The molecule has 0 saturated heterocycles. The van der Waals surface area contributed by atoms with Crippen LogP contribution in [-0.2, 0) is 10.0 Å². The third kappa shape index (κ3) is 3.48. The van der Waals surface area contributed by atoms with Crippen LogP contribution in [0.15, 0.2) is 59.5 Å². The normalized spacial score (nSPS) is 13.2. The Kier molecular flexibility index (Phi) is 4.70. The van der Waals surface area contributed by atoms with Gasteiger partial charge in [0, 0.05) is 12.7 Å². The van der Waals surface area contributed by atoms with E-state index in [0.717, 1.165) is 17.7 Å². The molecule has 4 rings (SSSR count). The molecule has 0 radical (unpaired) electrons. The first-order valence-corrected chi connectivity index (χ1v) is 10.3. The Morgan fingerprint density at radius 2 is 1.70 bits per heavy atom. The van der Waals surface area contributed by atoms with Crippen molar-refractivity contribution in [1.29, 1.82) is 0 Å². The van der Waals surface area contributed by atoms with Gasteiger partial charge in [-0.2, -0.15) is 0 Å². The molecule has 3 aromatic rings. The summed E-state index contributed by atoms with van der Waals surface area (Å²) in [5, 5.41) is 0. The number of amides is 1. The SMILES string of the molecule is Cc1ccc2c(c1)N(C)C(=O)c1cc(NS(=O)(=O)c3cc(F)ccc3F)ccc1O2. The Morgan fingerprint density at radius 1 is 0.967 bits per heavy atom. The molecule has 3 aromatic carbocycles. The van der Waals surface area contributed by atoms with Crippen LogP contribution in [-0.4, -0.2) is 21.4 Å². The molecule has 1 heterocycles. The van der Waals surface area contributed by atoms with E-state index in [1.165, 1.54) is 23.1 Å². The van der Waals surface area contributed by atoms with Gasteiger partial charge in [-0.3, -0.25) is 9.52 Å². The summed E-state index contributed by atoms with van der Waals surface area (Å²) in [5.41, 5.74) is 1.63. The molecule has 154 valence electrons. The van der Waals surface area contributed by atoms with E-state index in [9.17, 15) is 22.0 Å². The lowest BCUT2D eigenvalue weighted by atomic mass is 10.1. The Balaban J connectivity index is 1.73. The lowest BCUT2D eigenvalue weighted by molar-refractivity contribution is 0.0993. The molecule has 1 N–H and O–H groups in total. The summed E-state index contributed by atoms with van der Waals surface area (Å²) in [5.74, 6) is -1.67. The molecule has 0 atom stereocenters. The Labute approximate surface area is 171 Å². The van der Waals surface area contributed by atoms with Gasteiger partial charge in [0.2, 0.25) is 0 Å². The summed E-state index contributed by atoms with van der Waals surface area (Å²) in [6, 6.07) is 11.6. The fourth-order valence-electron chi connectivity index (χ4n) is 3.13. The van der Waals surface area contributed by atoms with E-state index in [4.69, 9.17) is 4.74 Å². The first-order valence-electron chi connectivity index (χ1n) is 8.84. The number of rotatable bonds is 3. The molecule has 1 amide bonds. The molecule has 0 spiro atoms. The van der Waals surface area contributed by atoms with Crippen molar-refractivity contribution in [2.75, 3.05) is 16.7 Å². The standard InChI is InChI=1S/C21H16F2N2O4S/c1-12-3-7-19-17(9-12)25(2)21(26)15-11-14(5-8-18(15)29-19)24-30(27,28)20-10-13(22)4-6-16(20)23/h3-11,24H,1-2H3. The Bertz CT molecular complexity index is 1290. The summed E-state index contributed by atoms with van der Waals surface area (Å²) in [6.45, 7) is 1.88. The number of sulfonamides is 1. The predicted octanol–water partition coefficient (Wildman–Crippen LogP) is 4.46. The van der Waals surface area contributed by atoms with Gasteiger partial charge < -0.3 is 9.64 Å². The number of hydrogen-bond acceptors (Lipinski definition) is 4. The minimum absolute atomic E-state index is 0.00454. The lowest BCUT2D eigenvalue weighted by Gasteiger charge is -2.17. The summed E-state index contributed by atoms with van der Waals surface area (Å²) >= 11 is 0. The lowest BCUT2D eigenvalue weighted by Crippen LogP contribution is -2.25. The van der Waals surface area contributed by atoms with Crippen molar-refractivity contribution in [2.24, 2.45) is 0 Å². The van der Waals surface area contributed by atoms with E-state index >= 15 is 0 Å². The minimum Gasteiger partial charge on any atom is -0.454 e. The van der Waals surface area contributed by atoms with Crippen molar-refractivity contribution in [3.05, 3.63) is 77.4 Å². The van der Waals surface area contributed by atoms with Gasteiger partial charge in [-0.05, 0) is 61.0 Å². The molecule has 0 unspecified atom stereocenters. The largest absolute Gasteiger partial charge is 0.454 e. The maximum Gasteiger partial charge on any atom is 0.264 e. The second-order valence-corrected chi connectivity index (χ2v) is 8.48. The molecule has 0 fully saturated rings. The number of benzene rings is 3. The zero-order valence-electron chi connectivity index (χ0n) is 15.9. The van der Waals surface area contributed by atoms with Gasteiger partial charge in [0.1, 0.15) is 22.3 Å².